The molecule has 1 N–H and O–H groups in total. The molecular weight excluding hydrogens is 388 g/mol. The topological polar surface area (TPSA) is 58.6 Å². The number of benzene rings is 2. The van der Waals surface area contributed by atoms with Crippen molar-refractivity contribution in [3.05, 3.63) is 71.8 Å². The van der Waals surface area contributed by atoms with Gasteiger partial charge in [-0.3, -0.25) is 9.59 Å². The van der Waals surface area contributed by atoms with Crippen LogP contribution in [0.5, 0.6) is 0 Å². The zero-order valence-corrected chi connectivity index (χ0v) is 18.1. The van der Waals surface area contributed by atoms with Gasteiger partial charge >= 0.3 is 0 Å². The Hall–Kier alpha value is -2.66. The standard InChI is InChI=1S/C26H32N2O3/c29-24-11-15-26(27-24,19-21-7-3-1-4-8-21)16-12-25(30)28-17-13-23(14-18-28)31-20-22-9-5-2-6-10-22/h1-10,23H,11-20H2,(H,27,29)/t26-/m0/s1. The van der Waals surface area contributed by atoms with Crippen molar-refractivity contribution in [2.24, 2.45) is 0 Å². The molecule has 2 amide bonds. The van der Waals surface area contributed by atoms with E-state index >= 15 is 0 Å². The Morgan fingerprint density at radius 2 is 1.65 bits per heavy atom. The first kappa shape index (κ1) is 21.6. The van der Waals surface area contributed by atoms with Crippen LogP contribution in [0.3, 0.4) is 0 Å². The minimum Gasteiger partial charge on any atom is -0.373 e. The van der Waals surface area contributed by atoms with Gasteiger partial charge in [0.2, 0.25) is 11.8 Å². The van der Waals surface area contributed by atoms with Gasteiger partial charge in [-0.15, -0.1) is 0 Å². The predicted octanol–water partition coefficient (Wildman–Crippen LogP) is 3.87. The minimum absolute atomic E-state index is 0.0970. The van der Waals surface area contributed by atoms with Crippen molar-refractivity contribution in [2.45, 2.75) is 63.2 Å². The third kappa shape index (κ3) is 5.95. The van der Waals surface area contributed by atoms with E-state index in [1.807, 2.05) is 41.3 Å². The highest BCUT2D eigenvalue weighted by Crippen LogP contribution is 2.30. The highest BCUT2D eigenvalue weighted by molar-refractivity contribution is 5.80. The molecule has 0 unspecified atom stereocenters. The molecular formula is C26H32N2O3. The van der Waals surface area contributed by atoms with Gasteiger partial charge < -0.3 is 15.0 Å². The van der Waals surface area contributed by atoms with Crippen LogP contribution < -0.4 is 5.32 Å². The lowest BCUT2D eigenvalue weighted by Crippen LogP contribution is -2.46. The first-order valence-corrected chi connectivity index (χ1v) is 11.4. The first-order chi connectivity index (χ1) is 15.1. The van der Waals surface area contributed by atoms with Crippen LogP contribution in [0.15, 0.2) is 60.7 Å². The number of ether oxygens (including phenoxy) is 1. The van der Waals surface area contributed by atoms with Gasteiger partial charge in [0.15, 0.2) is 0 Å². The summed E-state index contributed by atoms with van der Waals surface area (Å²) in [6, 6.07) is 20.4. The maximum atomic E-state index is 12.9. The van der Waals surface area contributed by atoms with E-state index in [9.17, 15) is 9.59 Å². The molecule has 5 nitrogen and oxygen atoms in total. The van der Waals surface area contributed by atoms with Crippen molar-refractivity contribution in [2.75, 3.05) is 13.1 Å². The second-order valence-corrected chi connectivity index (χ2v) is 8.87. The average Bonchev–Trinajstić information content (AvgIpc) is 3.18. The fourth-order valence-corrected chi connectivity index (χ4v) is 4.73. The fraction of sp³-hybridized carbons (Fsp3) is 0.462. The lowest BCUT2D eigenvalue weighted by Gasteiger charge is -2.34. The lowest BCUT2D eigenvalue weighted by atomic mass is 9.85. The molecule has 0 spiro atoms. The highest BCUT2D eigenvalue weighted by atomic mass is 16.5. The normalized spacial score (nSPS) is 21.8. The molecule has 4 rings (SSSR count). The van der Waals surface area contributed by atoms with E-state index in [-0.39, 0.29) is 23.5 Å². The monoisotopic (exact) mass is 420 g/mol. The number of nitrogens with zero attached hydrogens (tertiary/aromatic N) is 1. The molecule has 31 heavy (non-hydrogen) atoms. The van der Waals surface area contributed by atoms with E-state index in [2.05, 4.69) is 29.6 Å². The summed E-state index contributed by atoms with van der Waals surface area (Å²) in [4.78, 5) is 26.8. The summed E-state index contributed by atoms with van der Waals surface area (Å²) in [6.45, 7) is 2.12. The Kier molecular flexibility index (Phi) is 7.03. The number of rotatable bonds is 8. The molecule has 0 bridgehead atoms. The number of likely N-dealkylation sites (tertiary alicyclic amines) is 1. The highest BCUT2D eigenvalue weighted by Gasteiger charge is 2.38. The van der Waals surface area contributed by atoms with Crippen molar-refractivity contribution in [3.63, 3.8) is 0 Å². The summed E-state index contributed by atoms with van der Waals surface area (Å²) in [6.07, 6.45) is 5.26. The van der Waals surface area contributed by atoms with Gasteiger partial charge in [0, 0.05) is 31.5 Å². The Balaban J connectivity index is 1.25. The Morgan fingerprint density at radius 3 is 2.26 bits per heavy atom. The molecule has 2 heterocycles. The predicted molar refractivity (Wildman–Crippen MR) is 120 cm³/mol. The molecule has 2 aliphatic rings. The van der Waals surface area contributed by atoms with Gasteiger partial charge in [-0.25, -0.2) is 0 Å². The van der Waals surface area contributed by atoms with Crippen LogP contribution in [0.1, 0.15) is 49.7 Å². The van der Waals surface area contributed by atoms with Gasteiger partial charge in [-0.05, 0) is 43.2 Å². The van der Waals surface area contributed by atoms with Crippen molar-refractivity contribution in [1.29, 1.82) is 0 Å². The van der Waals surface area contributed by atoms with Crippen LogP contribution in [-0.2, 0) is 27.4 Å². The van der Waals surface area contributed by atoms with E-state index in [0.29, 0.717) is 25.9 Å². The van der Waals surface area contributed by atoms with E-state index in [4.69, 9.17) is 4.74 Å². The summed E-state index contributed by atoms with van der Waals surface area (Å²) in [7, 11) is 0. The van der Waals surface area contributed by atoms with Crippen LogP contribution in [0, 0.1) is 0 Å². The second-order valence-electron chi connectivity index (χ2n) is 8.87. The molecule has 1 atom stereocenters. The van der Waals surface area contributed by atoms with Crippen LogP contribution in [0.25, 0.3) is 0 Å². The number of piperidine rings is 1. The molecule has 0 radical (unpaired) electrons. The van der Waals surface area contributed by atoms with Crippen LogP contribution in [0.2, 0.25) is 0 Å². The number of nitrogens with one attached hydrogen (secondary N) is 1. The molecule has 5 heteroatoms. The van der Waals surface area contributed by atoms with Crippen LogP contribution in [-0.4, -0.2) is 41.4 Å². The van der Waals surface area contributed by atoms with E-state index in [1.54, 1.807) is 0 Å². The molecule has 2 saturated heterocycles. The van der Waals surface area contributed by atoms with Crippen LogP contribution in [0.4, 0.5) is 0 Å². The molecule has 164 valence electrons. The smallest absolute Gasteiger partial charge is 0.222 e. The molecule has 2 aromatic rings. The Labute approximate surface area is 184 Å². The summed E-state index contributed by atoms with van der Waals surface area (Å²) >= 11 is 0. The third-order valence-electron chi connectivity index (χ3n) is 6.56. The Morgan fingerprint density at radius 1 is 1.00 bits per heavy atom. The molecule has 2 fully saturated rings. The maximum Gasteiger partial charge on any atom is 0.222 e. The fourth-order valence-electron chi connectivity index (χ4n) is 4.73. The summed E-state index contributed by atoms with van der Waals surface area (Å²) in [5, 5.41) is 3.18. The summed E-state index contributed by atoms with van der Waals surface area (Å²) < 4.78 is 6.05. The molecule has 2 aliphatic heterocycles. The number of carbonyl (C=O) groups excluding carboxylic acids is 2. The summed E-state index contributed by atoms with van der Waals surface area (Å²) in [5.74, 6) is 0.287. The number of carbonyl (C=O) groups is 2. The molecule has 0 aliphatic carbocycles. The zero-order chi connectivity index (χ0) is 21.5. The van der Waals surface area contributed by atoms with Crippen molar-refractivity contribution in [1.82, 2.24) is 10.2 Å². The Bertz CT molecular complexity index is 863. The van der Waals surface area contributed by atoms with E-state index in [1.165, 1.54) is 11.1 Å². The van der Waals surface area contributed by atoms with Crippen molar-refractivity contribution in [3.8, 4) is 0 Å². The minimum atomic E-state index is -0.300. The second kappa shape index (κ2) is 10.1. The number of hydrogen-bond acceptors (Lipinski definition) is 3. The van der Waals surface area contributed by atoms with E-state index in [0.717, 1.165) is 38.8 Å². The van der Waals surface area contributed by atoms with Gasteiger partial charge in [0.1, 0.15) is 0 Å². The van der Waals surface area contributed by atoms with Gasteiger partial charge in [0.25, 0.3) is 0 Å². The van der Waals surface area contributed by atoms with Gasteiger partial charge in [0.05, 0.1) is 12.7 Å². The van der Waals surface area contributed by atoms with Crippen LogP contribution >= 0.6 is 0 Å². The number of hydrogen-bond donors (Lipinski definition) is 1. The third-order valence-corrected chi connectivity index (χ3v) is 6.56. The van der Waals surface area contributed by atoms with Crippen molar-refractivity contribution >= 4 is 11.8 Å². The zero-order valence-electron chi connectivity index (χ0n) is 18.1. The SMILES string of the molecule is O=C1CC[C@](CCC(=O)N2CCC(OCc3ccccc3)CC2)(Cc2ccccc2)N1. The molecule has 2 aromatic carbocycles. The molecule has 0 aromatic heterocycles. The molecule has 0 saturated carbocycles. The average molecular weight is 421 g/mol. The lowest BCUT2D eigenvalue weighted by molar-refractivity contribution is -0.134. The maximum absolute atomic E-state index is 12.9. The first-order valence-electron chi connectivity index (χ1n) is 11.4. The van der Waals surface area contributed by atoms with Gasteiger partial charge in [-0.2, -0.15) is 0 Å². The van der Waals surface area contributed by atoms with Gasteiger partial charge in [-0.1, -0.05) is 60.7 Å². The summed E-state index contributed by atoms with van der Waals surface area (Å²) in [5.41, 5.74) is 2.09. The number of amides is 2. The quantitative estimate of drug-likeness (QED) is 0.705. The van der Waals surface area contributed by atoms with Crippen molar-refractivity contribution < 1.29 is 14.3 Å². The van der Waals surface area contributed by atoms with E-state index < -0.39 is 0 Å². The largest absolute Gasteiger partial charge is 0.373 e.